The molecule has 0 amide bonds. The molecule has 0 radical (unpaired) electrons. The second kappa shape index (κ2) is 86.4. The van der Waals surface area contributed by atoms with E-state index in [2.05, 4.69) is 0 Å². The second-order valence-electron chi connectivity index (χ2n) is 0.346. The van der Waals surface area contributed by atoms with Crippen LogP contribution in [0.1, 0.15) is 0 Å². The maximum atomic E-state index is 7.17. The van der Waals surface area contributed by atoms with Gasteiger partial charge in [0.15, 0.2) is 0 Å². The van der Waals surface area contributed by atoms with Crippen LogP contribution in [-0.4, -0.2) is 41.3 Å². The monoisotopic (exact) mass is 190 g/mol. The molecule has 0 fully saturated rings. The van der Waals surface area contributed by atoms with E-state index in [9.17, 15) is 0 Å². The second-order valence-corrected chi connectivity index (χ2v) is 0.346. The van der Waals surface area contributed by atoms with E-state index in [4.69, 9.17) is 15.1 Å². The Hall–Kier alpha value is 0.122. The molecule has 0 unspecified atom stereocenters. The van der Waals surface area contributed by atoms with Gasteiger partial charge in [0, 0.05) is 0 Å². The van der Waals surface area contributed by atoms with Crippen LogP contribution in [0.15, 0.2) is 0 Å². The Kier molecular flexibility index (Phi) is 918. The average Bonchev–Trinajstić information content (AvgIpc) is 0.811. The normalized spacial score (nSPS) is 2.45. The first kappa shape index (κ1) is 117. The minimum absolute atomic E-state index is 0. The quantitative estimate of drug-likeness (QED) is 0.312. The van der Waals surface area contributed by atoms with Crippen molar-refractivity contribution in [3.8, 4) is 0 Å². The van der Waals surface area contributed by atoms with Crippen molar-refractivity contribution in [2.75, 3.05) is 0 Å². The van der Waals surface area contributed by atoms with E-state index < -0.39 is 7.32 Å². The van der Waals surface area contributed by atoms with Crippen LogP contribution in [0.25, 0.3) is 0 Å². The summed E-state index contributed by atoms with van der Waals surface area (Å²) in [6, 6.07) is 0. The van der Waals surface area contributed by atoms with E-state index in [0.29, 0.717) is 0 Å². The molecule has 74 valence electrons. The standard InChI is InChI=1S/BH3O3.6FH.Li.H/c2-1(3)4;;;;;;;;/h2-4H;6*1H;;. The van der Waals surface area contributed by atoms with Gasteiger partial charge >= 0.3 is 26.2 Å². The molecule has 0 aliphatic heterocycles. The van der Waals surface area contributed by atoms with Gasteiger partial charge in [0.25, 0.3) is 0 Å². The fraction of sp³-hybridized carbons (Fsp3) is 0. The summed E-state index contributed by atoms with van der Waals surface area (Å²) in [5.41, 5.74) is 0. The maximum absolute atomic E-state index is 7.17. The zero-order chi connectivity index (χ0) is 3.58. The summed E-state index contributed by atoms with van der Waals surface area (Å²) in [7, 11) is -2.17. The van der Waals surface area contributed by atoms with Crippen molar-refractivity contribution in [2.24, 2.45) is 0 Å². The molecular weight excluding hydrogens is 180 g/mol. The predicted octanol–water partition coefficient (Wildman–Crippen LogP) is -1.79. The third-order valence-corrected chi connectivity index (χ3v) is 0. The van der Waals surface area contributed by atoms with Crippen LogP contribution in [0.4, 0.5) is 28.2 Å². The number of rotatable bonds is 0. The Morgan fingerprint density at radius 2 is 0.545 bits per heavy atom. The van der Waals surface area contributed by atoms with E-state index in [0.717, 1.165) is 0 Å². The summed E-state index contributed by atoms with van der Waals surface area (Å²) in [4.78, 5) is 0. The molecule has 0 saturated heterocycles. The topological polar surface area (TPSA) is 60.7 Å². The van der Waals surface area contributed by atoms with Crippen molar-refractivity contribution < 1.29 is 43.3 Å². The molecule has 0 aliphatic carbocycles. The molecule has 0 aromatic carbocycles. The van der Waals surface area contributed by atoms with Crippen molar-refractivity contribution in [2.45, 2.75) is 0 Å². The van der Waals surface area contributed by atoms with Crippen LogP contribution in [0.3, 0.4) is 0 Å². The molecule has 3 N–H and O–H groups in total. The van der Waals surface area contributed by atoms with E-state index in [1.54, 1.807) is 0 Å². The Balaban J connectivity index is -0.00000000214. The summed E-state index contributed by atoms with van der Waals surface area (Å²) >= 11 is 0. The fourth-order valence-electron chi connectivity index (χ4n) is 0. The van der Waals surface area contributed by atoms with Gasteiger partial charge in [0.2, 0.25) is 0 Å². The molecule has 0 spiro atoms. The number of halogens is 6. The van der Waals surface area contributed by atoms with Gasteiger partial charge in [-0.05, 0) is 0 Å². The number of hydrogen-bond acceptors (Lipinski definition) is 3. The molecule has 0 bridgehead atoms. The van der Waals surface area contributed by atoms with Gasteiger partial charge in [-0.15, -0.1) is 0 Å². The molecular formula is H10BF6LiO3. The predicted molar refractivity (Wildman–Crippen MR) is 34.6 cm³/mol. The Labute approximate surface area is 70.4 Å². The molecule has 0 aromatic rings. The van der Waals surface area contributed by atoms with Gasteiger partial charge in [-0.1, -0.05) is 0 Å². The van der Waals surface area contributed by atoms with Crippen LogP contribution in [0.2, 0.25) is 0 Å². The van der Waals surface area contributed by atoms with Gasteiger partial charge in [-0.25, -0.2) is 0 Å². The number of hydrogen-bond donors (Lipinski definition) is 3. The molecule has 0 atom stereocenters. The molecule has 0 rings (SSSR count). The molecule has 11 heteroatoms. The van der Waals surface area contributed by atoms with Crippen LogP contribution < -0.4 is 0 Å². The van der Waals surface area contributed by atoms with Crippen molar-refractivity contribution in [1.82, 2.24) is 0 Å². The van der Waals surface area contributed by atoms with Crippen molar-refractivity contribution in [1.29, 1.82) is 0 Å². The van der Waals surface area contributed by atoms with Crippen LogP contribution in [0.5, 0.6) is 0 Å². The van der Waals surface area contributed by atoms with Crippen LogP contribution >= 0.6 is 0 Å². The van der Waals surface area contributed by atoms with Crippen LogP contribution in [0, 0.1) is 0 Å². The SMILES string of the molecule is F.F.F.F.F.F.OB(O)O.[LiH]. The Morgan fingerprint density at radius 1 is 0.545 bits per heavy atom. The van der Waals surface area contributed by atoms with Gasteiger partial charge < -0.3 is 15.1 Å². The third kappa shape index (κ3) is 44600. The zero-order valence-corrected chi connectivity index (χ0v) is 4.37. The molecule has 0 heterocycles. The van der Waals surface area contributed by atoms with Crippen molar-refractivity contribution in [3.05, 3.63) is 0 Å². The van der Waals surface area contributed by atoms with Gasteiger partial charge in [0.05, 0.1) is 0 Å². The summed E-state index contributed by atoms with van der Waals surface area (Å²) in [5, 5.41) is 21.5. The summed E-state index contributed by atoms with van der Waals surface area (Å²) in [6.07, 6.45) is 0. The van der Waals surface area contributed by atoms with Gasteiger partial charge in [-0.2, -0.15) is 0 Å². The summed E-state index contributed by atoms with van der Waals surface area (Å²) in [6.45, 7) is 0. The zero-order valence-electron chi connectivity index (χ0n) is 4.37. The molecule has 0 saturated carbocycles. The van der Waals surface area contributed by atoms with Crippen molar-refractivity contribution >= 4 is 26.2 Å². The van der Waals surface area contributed by atoms with Crippen molar-refractivity contribution in [3.63, 3.8) is 0 Å². The van der Waals surface area contributed by atoms with E-state index in [1.165, 1.54) is 0 Å². The minimum atomic E-state index is -2.17. The summed E-state index contributed by atoms with van der Waals surface area (Å²) in [5.74, 6) is 0. The third-order valence-electron chi connectivity index (χ3n) is 0. The first-order valence-corrected chi connectivity index (χ1v) is 0.775. The van der Waals surface area contributed by atoms with Gasteiger partial charge in [-0.3, -0.25) is 28.2 Å². The van der Waals surface area contributed by atoms with E-state index >= 15 is 0 Å². The van der Waals surface area contributed by atoms with Gasteiger partial charge in [0.1, 0.15) is 0 Å². The molecule has 11 heavy (non-hydrogen) atoms. The van der Waals surface area contributed by atoms with Crippen LogP contribution in [-0.2, 0) is 0 Å². The first-order valence-electron chi connectivity index (χ1n) is 0.775. The average molecular weight is 190 g/mol. The van der Waals surface area contributed by atoms with E-state index in [-0.39, 0.29) is 47.1 Å². The van der Waals surface area contributed by atoms with E-state index in [1.807, 2.05) is 0 Å². The Morgan fingerprint density at radius 3 is 0.545 bits per heavy atom. The first-order chi connectivity index (χ1) is 1.73. The Bertz CT molecular complexity index is 22.5. The molecule has 0 aromatic heterocycles. The molecule has 3 nitrogen and oxygen atoms in total. The molecule has 0 aliphatic rings. The summed E-state index contributed by atoms with van der Waals surface area (Å²) < 4.78 is 0. The fourth-order valence-corrected chi connectivity index (χ4v) is 0.